The van der Waals surface area contributed by atoms with Gasteiger partial charge in [-0.3, -0.25) is 4.79 Å². The largest absolute Gasteiger partial charge is 0.465 e. The quantitative estimate of drug-likeness (QED) is 0.640. The van der Waals surface area contributed by atoms with Crippen LogP contribution in [-0.2, 0) is 16.1 Å². The highest BCUT2D eigenvalue weighted by atomic mass is 32.2. The first kappa shape index (κ1) is 14.4. The second-order valence-electron chi connectivity index (χ2n) is 4.59. The van der Waals surface area contributed by atoms with Crippen LogP contribution in [0.1, 0.15) is 44.3 Å². The average molecular weight is 284 g/mol. The van der Waals surface area contributed by atoms with Crippen LogP contribution >= 0.6 is 11.8 Å². The van der Waals surface area contributed by atoms with Crippen LogP contribution in [-0.4, -0.2) is 33.0 Å². The maximum atomic E-state index is 11.4. The summed E-state index contributed by atoms with van der Waals surface area (Å²) >= 11 is 1.38. The second kappa shape index (κ2) is 6.96. The Balaban J connectivity index is 2.07. The highest BCUT2D eigenvalue weighted by Gasteiger charge is 2.23. The number of nitrogens with zero attached hydrogens (tertiary/aromatic N) is 2. The Hall–Kier alpha value is -1.01. The van der Waals surface area contributed by atoms with E-state index in [2.05, 4.69) is 9.55 Å². The van der Waals surface area contributed by atoms with Crippen molar-refractivity contribution in [1.29, 1.82) is 0 Å². The summed E-state index contributed by atoms with van der Waals surface area (Å²) in [6, 6.07) is 0.411. The van der Waals surface area contributed by atoms with Gasteiger partial charge >= 0.3 is 5.97 Å². The van der Waals surface area contributed by atoms with Crippen LogP contribution in [0.25, 0.3) is 0 Å². The molecule has 1 aliphatic rings. The standard InChI is InChI=1S/C13H20N2O3S/c1-2-18-12(17)9-19-13-14-7-11(8-16)15(13)10-5-3-4-6-10/h7,10,16H,2-6,8-9H2,1H3. The van der Waals surface area contributed by atoms with E-state index in [0.29, 0.717) is 12.6 Å². The Kier molecular flexibility index (Phi) is 5.27. The fourth-order valence-corrected chi connectivity index (χ4v) is 3.34. The Morgan fingerprint density at radius 2 is 2.32 bits per heavy atom. The molecule has 1 aromatic rings. The van der Waals surface area contributed by atoms with Crippen molar-refractivity contribution in [3.8, 4) is 0 Å². The SMILES string of the molecule is CCOC(=O)CSc1ncc(CO)n1C1CCCC1. The monoisotopic (exact) mass is 284 g/mol. The van der Waals surface area contributed by atoms with Gasteiger partial charge in [0.05, 0.1) is 30.9 Å². The van der Waals surface area contributed by atoms with Gasteiger partial charge in [0.2, 0.25) is 0 Å². The van der Waals surface area contributed by atoms with E-state index in [4.69, 9.17) is 4.74 Å². The number of ether oxygens (including phenoxy) is 1. The molecule has 0 atom stereocenters. The third-order valence-electron chi connectivity index (χ3n) is 3.32. The van der Waals surface area contributed by atoms with E-state index in [1.54, 1.807) is 13.1 Å². The number of aromatic nitrogens is 2. The molecule has 1 fully saturated rings. The summed E-state index contributed by atoms with van der Waals surface area (Å²) in [6.45, 7) is 2.19. The van der Waals surface area contributed by atoms with Crippen molar-refractivity contribution < 1.29 is 14.6 Å². The number of aliphatic hydroxyl groups is 1. The summed E-state index contributed by atoms with van der Waals surface area (Å²) in [7, 11) is 0. The van der Waals surface area contributed by atoms with Gasteiger partial charge in [-0.25, -0.2) is 4.98 Å². The molecule has 1 aliphatic carbocycles. The summed E-state index contributed by atoms with van der Waals surface area (Å²) in [5.41, 5.74) is 0.832. The third kappa shape index (κ3) is 3.51. The first-order valence-corrected chi connectivity index (χ1v) is 7.70. The van der Waals surface area contributed by atoms with E-state index in [0.717, 1.165) is 23.7 Å². The molecule has 1 saturated carbocycles. The predicted molar refractivity (Wildman–Crippen MR) is 73.0 cm³/mol. The minimum atomic E-state index is -0.223. The molecule has 1 N–H and O–H groups in total. The van der Waals surface area contributed by atoms with Crippen molar-refractivity contribution in [2.24, 2.45) is 0 Å². The lowest BCUT2D eigenvalue weighted by molar-refractivity contribution is -0.139. The fourth-order valence-electron chi connectivity index (χ4n) is 2.48. The normalized spacial score (nSPS) is 15.9. The number of thioether (sulfide) groups is 1. The number of rotatable bonds is 6. The van der Waals surface area contributed by atoms with Gasteiger partial charge in [0.1, 0.15) is 0 Å². The van der Waals surface area contributed by atoms with Crippen LogP contribution in [0.15, 0.2) is 11.4 Å². The molecule has 0 bridgehead atoms. The molecular weight excluding hydrogens is 264 g/mol. The number of carbonyl (C=O) groups is 1. The fraction of sp³-hybridized carbons (Fsp3) is 0.692. The molecule has 6 heteroatoms. The van der Waals surface area contributed by atoms with Gasteiger partial charge in [-0.05, 0) is 19.8 Å². The van der Waals surface area contributed by atoms with Gasteiger partial charge in [0.25, 0.3) is 0 Å². The predicted octanol–water partition coefficient (Wildman–Crippen LogP) is 2.15. The summed E-state index contributed by atoms with van der Waals surface area (Å²) < 4.78 is 7.01. The molecule has 0 aliphatic heterocycles. The molecule has 106 valence electrons. The summed E-state index contributed by atoms with van der Waals surface area (Å²) in [5.74, 6) is 0.0432. The zero-order valence-corrected chi connectivity index (χ0v) is 12.0. The number of hydrogen-bond acceptors (Lipinski definition) is 5. The van der Waals surface area contributed by atoms with E-state index >= 15 is 0 Å². The first-order chi connectivity index (χ1) is 9.26. The Morgan fingerprint density at radius 1 is 1.58 bits per heavy atom. The van der Waals surface area contributed by atoms with Crippen molar-refractivity contribution in [3.63, 3.8) is 0 Å². The molecule has 2 rings (SSSR count). The third-order valence-corrected chi connectivity index (χ3v) is 4.26. The molecule has 19 heavy (non-hydrogen) atoms. The zero-order valence-electron chi connectivity index (χ0n) is 11.2. The summed E-state index contributed by atoms with van der Waals surface area (Å²) in [5, 5.41) is 10.2. The number of imidazole rings is 1. The Bertz CT molecular complexity index is 428. The number of carbonyl (C=O) groups excluding carboxylic acids is 1. The maximum Gasteiger partial charge on any atom is 0.316 e. The van der Waals surface area contributed by atoms with Gasteiger partial charge in [0, 0.05) is 6.04 Å². The highest BCUT2D eigenvalue weighted by Crippen LogP contribution is 2.34. The maximum absolute atomic E-state index is 11.4. The topological polar surface area (TPSA) is 64.3 Å². The van der Waals surface area contributed by atoms with Crippen molar-refractivity contribution in [2.75, 3.05) is 12.4 Å². The molecular formula is C13H20N2O3S. The van der Waals surface area contributed by atoms with Crippen molar-refractivity contribution in [2.45, 2.75) is 50.4 Å². The minimum Gasteiger partial charge on any atom is -0.465 e. The molecule has 0 radical (unpaired) electrons. The number of aliphatic hydroxyl groups excluding tert-OH is 1. The molecule has 0 aromatic carbocycles. The molecule has 0 unspecified atom stereocenters. The Labute approximate surface area is 117 Å². The van der Waals surface area contributed by atoms with Gasteiger partial charge < -0.3 is 14.4 Å². The average Bonchev–Trinajstić information content (AvgIpc) is 3.05. The van der Waals surface area contributed by atoms with Crippen molar-refractivity contribution in [1.82, 2.24) is 9.55 Å². The van der Waals surface area contributed by atoms with Crippen LogP contribution in [0, 0.1) is 0 Å². The first-order valence-electron chi connectivity index (χ1n) is 6.71. The molecule has 1 heterocycles. The lowest BCUT2D eigenvalue weighted by atomic mass is 10.2. The minimum absolute atomic E-state index is 0.0104. The number of hydrogen-bond donors (Lipinski definition) is 1. The van der Waals surface area contributed by atoms with E-state index in [-0.39, 0.29) is 18.3 Å². The lowest BCUT2D eigenvalue weighted by Crippen LogP contribution is -2.12. The second-order valence-corrected chi connectivity index (χ2v) is 5.53. The van der Waals surface area contributed by atoms with Gasteiger partial charge in [-0.2, -0.15) is 0 Å². The summed E-state index contributed by atoms with van der Waals surface area (Å²) in [6.07, 6.45) is 6.38. The van der Waals surface area contributed by atoms with E-state index < -0.39 is 0 Å². The molecule has 0 spiro atoms. The van der Waals surface area contributed by atoms with E-state index in [9.17, 15) is 9.90 Å². The van der Waals surface area contributed by atoms with Crippen LogP contribution in [0.5, 0.6) is 0 Å². The van der Waals surface area contributed by atoms with Crippen LogP contribution in [0.3, 0.4) is 0 Å². The van der Waals surface area contributed by atoms with Crippen LogP contribution < -0.4 is 0 Å². The van der Waals surface area contributed by atoms with Crippen LogP contribution in [0.2, 0.25) is 0 Å². The van der Waals surface area contributed by atoms with Gasteiger partial charge in [0.15, 0.2) is 5.16 Å². The summed E-state index contributed by atoms with van der Waals surface area (Å²) in [4.78, 5) is 15.7. The van der Waals surface area contributed by atoms with E-state index in [1.807, 2.05) is 0 Å². The van der Waals surface area contributed by atoms with Crippen molar-refractivity contribution >= 4 is 17.7 Å². The van der Waals surface area contributed by atoms with E-state index in [1.165, 1.54) is 24.6 Å². The van der Waals surface area contributed by atoms with Crippen LogP contribution in [0.4, 0.5) is 0 Å². The van der Waals surface area contributed by atoms with Gasteiger partial charge in [-0.15, -0.1) is 0 Å². The number of esters is 1. The van der Waals surface area contributed by atoms with Gasteiger partial charge in [-0.1, -0.05) is 24.6 Å². The zero-order chi connectivity index (χ0) is 13.7. The smallest absolute Gasteiger partial charge is 0.316 e. The van der Waals surface area contributed by atoms with Crippen molar-refractivity contribution in [3.05, 3.63) is 11.9 Å². The highest BCUT2D eigenvalue weighted by molar-refractivity contribution is 7.99. The Morgan fingerprint density at radius 3 is 2.95 bits per heavy atom. The molecule has 0 amide bonds. The molecule has 1 aromatic heterocycles. The lowest BCUT2D eigenvalue weighted by Gasteiger charge is -2.17. The molecule has 0 saturated heterocycles. The molecule has 5 nitrogen and oxygen atoms in total.